The molecule has 0 aliphatic carbocycles. The molecule has 1 aliphatic heterocycles. The summed E-state index contributed by atoms with van der Waals surface area (Å²) in [6.45, 7) is 1.70. The number of ether oxygens (including phenoxy) is 1. The number of aromatic nitrogens is 1. The van der Waals surface area contributed by atoms with Crippen LogP contribution in [0.25, 0.3) is 10.9 Å². The number of nitrogens with zero attached hydrogens (tertiary/aromatic N) is 1. The molecule has 0 radical (unpaired) electrons. The monoisotopic (exact) mass is 201 g/mol. The lowest BCUT2D eigenvalue weighted by atomic mass is 10.1. The van der Waals surface area contributed by atoms with Gasteiger partial charge in [0, 0.05) is 23.7 Å². The molecule has 3 nitrogen and oxygen atoms in total. The van der Waals surface area contributed by atoms with Crippen molar-refractivity contribution in [3.63, 3.8) is 0 Å². The van der Waals surface area contributed by atoms with Crippen LogP contribution in [-0.4, -0.2) is 17.5 Å². The van der Waals surface area contributed by atoms with Gasteiger partial charge in [0.1, 0.15) is 12.0 Å². The van der Waals surface area contributed by atoms with E-state index in [1.54, 1.807) is 0 Å². The third kappa shape index (κ3) is 1.23. The summed E-state index contributed by atoms with van der Waals surface area (Å²) in [6, 6.07) is 5.74. The summed E-state index contributed by atoms with van der Waals surface area (Å²) in [5, 5.41) is 1.08. The zero-order chi connectivity index (χ0) is 10.3. The highest BCUT2D eigenvalue weighted by atomic mass is 16.5. The van der Waals surface area contributed by atoms with Crippen molar-refractivity contribution in [2.75, 3.05) is 6.61 Å². The first-order valence-corrected chi connectivity index (χ1v) is 5.09. The third-order valence-electron chi connectivity index (χ3n) is 2.79. The van der Waals surface area contributed by atoms with Gasteiger partial charge in [0.25, 0.3) is 0 Å². The summed E-state index contributed by atoms with van der Waals surface area (Å²) in [5.41, 5.74) is 1.79. The van der Waals surface area contributed by atoms with Gasteiger partial charge in [0.05, 0.1) is 12.1 Å². The van der Waals surface area contributed by atoms with Crippen LogP contribution in [0.4, 0.5) is 0 Å². The van der Waals surface area contributed by atoms with Gasteiger partial charge in [-0.05, 0) is 24.6 Å². The highest BCUT2D eigenvalue weighted by molar-refractivity contribution is 5.92. The van der Waals surface area contributed by atoms with Gasteiger partial charge >= 0.3 is 0 Å². The van der Waals surface area contributed by atoms with Crippen molar-refractivity contribution in [3.05, 3.63) is 30.0 Å². The summed E-state index contributed by atoms with van der Waals surface area (Å²) in [6.07, 6.45) is 3.92. The van der Waals surface area contributed by atoms with E-state index in [2.05, 4.69) is 10.8 Å². The van der Waals surface area contributed by atoms with E-state index < -0.39 is 0 Å². The Morgan fingerprint density at radius 2 is 2.33 bits per heavy atom. The van der Waals surface area contributed by atoms with Crippen LogP contribution in [0.5, 0.6) is 5.75 Å². The minimum Gasteiger partial charge on any atom is -0.491 e. The van der Waals surface area contributed by atoms with Crippen molar-refractivity contribution in [3.8, 4) is 5.75 Å². The Balaban J connectivity index is 2.35. The molecule has 1 aliphatic rings. The second-order valence-electron chi connectivity index (χ2n) is 3.79. The second kappa shape index (κ2) is 3.12. The fraction of sp³-hybridized carbons (Fsp3) is 0.250. The zero-order valence-electron chi connectivity index (χ0n) is 8.27. The molecule has 76 valence electrons. The first kappa shape index (κ1) is 8.53. The quantitative estimate of drug-likeness (QED) is 0.662. The van der Waals surface area contributed by atoms with E-state index in [9.17, 15) is 4.79 Å². The Labute approximate surface area is 87.3 Å². The molecular formula is C12H11NO2. The molecule has 0 bridgehead atoms. The Morgan fingerprint density at radius 3 is 3.20 bits per heavy atom. The molecule has 0 saturated heterocycles. The lowest BCUT2D eigenvalue weighted by Crippen LogP contribution is -1.97. The first-order chi connectivity index (χ1) is 7.38. The van der Waals surface area contributed by atoms with Gasteiger partial charge in [0.15, 0.2) is 0 Å². The summed E-state index contributed by atoms with van der Waals surface area (Å²) >= 11 is 0. The van der Waals surface area contributed by atoms with E-state index in [1.807, 2.05) is 18.2 Å². The van der Waals surface area contributed by atoms with Crippen LogP contribution < -0.4 is 4.74 Å². The van der Waals surface area contributed by atoms with Crippen LogP contribution in [0.2, 0.25) is 0 Å². The third-order valence-corrected chi connectivity index (χ3v) is 2.79. The number of benzene rings is 1. The molecule has 0 atom stereocenters. The van der Waals surface area contributed by atoms with Gasteiger partial charge < -0.3 is 9.30 Å². The van der Waals surface area contributed by atoms with Crippen LogP contribution in [-0.2, 0) is 6.54 Å². The molecule has 0 spiro atoms. The van der Waals surface area contributed by atoms with Crippen molar-refractivity contribution >= 4 is 17.2 Å². The maximum Gasteiger partial charge on any atom is 0.150 e. The molecule has 1 aromatic carbocycles. The van der Waals surface area contributed by atoms with E-state index in [0.717, 1.165) is 42.5 Å². The van der Waals surface area contributed by atoms with Gasteiger partial charge in [-0.15, -0.1) is 0 Å². The molecule has 3 heteroatoms. The Hall–Kier alpha value is -1.77. The van der Waals surface area contributed by atoms with Crippen molar-refractivity contribution < 1.29 is 9.53 Å². The normalized spacial score (nSPS) is 14.7. The Bertz CT molecular complexity index is 528. The minimum atomic E-state index is 0.678. The minimum absolute atomic E-state index is 0.678. The smallest absolute Gasteiger partial charge is 0.150 e. The van der Waals surface area contributed by atoms with Crippen LogP contribution in [0.3, 0.4) is 0 Å². The molecule has 0 saturated carbocycles. The average Bonchev–Trinajstić information content (AvgIpc) is 2.55. The number of rotatable bonds is 1. The number of carbonyl (C=O) groups is 1. The number of hydrogen-bond acceptors (Lipinski definition) is 2. The fourth-order valence-electron chi connectivity index (χ4n) is 2.11. The van der Waals surface area contributed by atoms with Crippen molar-refractivity contribution in [1.29, 1.82) is 0 Å². The number of carbonyl (C=O) groups excluding carboxylic acids is 1. The number of hydrogen-bond donors (Lipinski definition) is 0. The van der Waals surface area contributed by atoms with Crippen LogP contribution in [0.15, 0.2) is 24.4 Å². The van der Waals surface area contributed by atoms with Crippen LogP contribution >= 0.6 is 0 Å². The molecular weight excluding hydrogens is 190 g/mol. The zero-order valence-corrected chi connectivity index (χ0v) is 8.27. The molecule has 0 unspecified atom stereocenters. The Kier molecular flexibility index (Phi) is 1.78. The van der Waals surface area contributed by atoms with Crippen molar-refractivity contribution in [2.24, 2.45) is 0 Å². The number of aryl methyl sites for hydroxylation is 1. The molecule has 0 amide bonds. The Morgan fingerprint density at radius 1 is 1.40 bits per heavy atom. The predicted octanol–water partition coefficient (Wildman–Crippen LogP) is 2.24. The van der Waals surface area contributed by atoms with E-state index in [-0.39, 0.29) is 0 Å². The number of aldehydes is 1. The maximum atomic E-state index is 10.8. The fourth-order valence-corrected chi connectivity index (χ4v) is 2.11. The van der Waals surface area contributed by atoms with Gasteiger partial charge in [-0.2, -0.15) is 0 Å². The summed E-state index contributed by atoms with van der Waals surface area (Å²) < 4.78 is 7.83. The highest BCUT2D eigenvalue weighted by Gasteiger charge is 2.12. The summed E-state index contributed by atoms with van der Waals surface area (Å²) in [7, 11) is 0. The average molecular weight is 201 g/mol. The van der Waals surface area contributed by atoms with Gasteiger partial charge in [-0.25, -0.2) is 0 Å². The molecule has 0 fully saturated rings. The van der Waals surface area contributed by atoms with E-state index in [0.29, 0.717) is 5.56 Å². The van der Waals surface area contributed by atoms with Gasteiger partial charge in [-0.3, -0.25) is 4.79 Å². The standard InChI is InChI=1S/C12H11NO2/c14-8-9-6-10-2-4-13-3-1-5-15-11(7-9)12(10)13/h2,4,6-8H,1,3,5H2. The lowest BCUT2D eigenvalue weighted by Gasteiger charge is -2.05. The topological polar surface area (TPSA) is 31.2 Å². The predicted molar refractivity (Wildman–Crippen MR) is 57.4 cm³/mol. The molecule has 2 aromatic rings. The first-order valence-electron chi connectivity index (χ1n) is 5.09. The highest BCUT2D eigenvalue weighted by Crippen LogP contribution is 2.30. The van der Waals surface area contributed by atoms with Crippen molar-refractivity contribution in [2.45, 2.75) is 13.0 Å². The SMILES string of the molecule is O=Cc1cc2c3c(ccn3CCCO2)c1. The second-order valence-corrected chi connectivity index (χ2v) is 3.79. The van der Waals surface area contributed by atoms with Crippen LogP contribution in [0.1, 0.15) is 16.8 Å². The maximum absolute atomic E-state index is 10.8. The van der Waals surface area contributed by atoms with E-state index in [4.69, 9.17) is 4.74 Å². The van der Waals surface area contributed by atoms with Crippen molar-refractivity contribution in [1.82, 2.24) is 4.57 Å². The van der Waals surface area contributed by atoms with E-state index in [1.165, 1.54) is 0 Å². The molecule has 2 heterocycles. The van der Waals surface area contributed by atoms with Gasteiger partial charge in [0.2, 0.25) is 0 Å². The van der Waals surface area contributed by atoms with E-state index >= 15 is 0 Å². The molecule has 15 heavy (non-hydrogen) atoms. The lowest BCUT2D eigenvalue weighted by molar-refractivity contribution is 0.112. The van der Waals surface area contributed by atoms with Gasteiger partial charge in [-0.1, -0.05) is 0 Å². The molecule has 1 aromatic heterocycles. The summed E-state index contributed by atoms with van der Waals surface area (Å²) in [4.78, 5) is 10.8. The van der Waals surface area contributed by atoms with Crippen LogP contribution in [0, 0.1) is 0 Å². The largest absolute Gasteiger partial charge is 0.491 e. The molecule has 3 rings (SSSR count). The molecule has 0 N–H and O–H groups in total. The summed E-state index contributed by atoms with van der Waals surface area (Å²) in [5.74, 6) is 0.831.